The van der Waals surface area contributed by atoms with Gasteiger partial charge in [-0.15, -0.1) is 12.3 Å². The zero-order valence-corrected chi connectivity index (χ0v) is 14.8. The quantitative estimate of drug-likeness (QED) is 0.317. The summed E-state index contributed by atoms with van der Waals surface area (Å²) in [6.07, 6.45) is 21.4. The van der Waals surface area contributed by atoms with E-state index in [2.05, 4.69) is 18.1 Å². The summed E-state index contributed by atoms with van der Waals surface area (Å²) in [5.74, 6) is 4.27. The summed E-state index contributed by atoms with van der Waals surface area (Å²) in [6.45, 7) is 0.872. The molecule has 24 heavy (non-hydrogen) atoms. The first-order valence-electron chi connectivity index (χ1n) is 9.64. The Labute approximate surface area is 146 Å². The van der Waals surface area contributed by atoms with Gasteiger partial charge in [0, 0.05) is 19.4 Å². The highest BCUT2D eigenvalue weighted by molar-refractivity contribution is 5.66. The standard InChI is InChI=1S/C21H32O3/c1-2-3-4-7-10-15-24-21-18-14-13-17(16-18)19(21)11-8-5-6-9-12-20(22)23/h1,5,8,17-19,21H,3-4,6-7,9-16H2,(H,22,23)/b8-5-/t17-,18+,19-,21+/m0/s1. The van der Waals surface area contributed by atoms with Crippen LogP contribution in [0.15, 0.2) is 12.2 Å². The van der Waals surface area contributed by atoms with E-state index in [1.54, 1.807) is 0 Å². The van der Waals surface area contributed by atoms with Crippen molar-refractivity contribution >= 4 is 5.97 Å². The van der Waals surface area contributed by atoms with E-state index in [-0.39, 0.29) is 6.42 Å². The Kier molecular flexibility index (Phi) is 8.39. The topological polar surface area (TPSA) is 46.5 Å². The van der Waals surface area contributed by atoms with Gasteiger partial charge in [-0.3, -0.25) is 4.79 Å². The number of unbranched alkanes of at least 4 members (excludes halogenated alkanes) is 4. The van der Waals surface area contributed by atoms with Crippen molar-refractivity contribution in [2.75, 3.05) is 6.61 Å². The van der Waals surface area contributed by atoms with Crippen LogP contribution in [0, 0.1) is 30.1 Å². The monoisotopic (exact) mass is 332 g/mol. The number of carboxylic acid groups (broad SMARTS) is 1. The van der Waals surface area contributed by atoms with Crippen molar-refractivity contribution in [1.29, 1.82) is 0 Å². The Morgan fingerprint density at radius 3 is 2.79 bits per heavy atom. The van der Waals surface area contributed by atoms with Crippen molar-refractivity contribution in [3.63, 3.8) is 0 Å². The van der Waals surface area contributed by atoms with Crippen LogP contribution in [0.5, 0.6) is 0 Å². The highest BCUT2D eigenvalue weighted by Crippen LogP contribution is 2.51. The van der Waals surface area contributed by atoms with Gasteiger partial charge in [-0.05, 0) is 69.1 Å². The number of hydrogen-bond acceptors (Lipinski definition) is 2. The van der Waals surface area contributed by atoms with Gasteiger partial charge in [0.1, 0.15) is 0 Å². The number of allylic oxidation sites excluding steroid dienone is 2. The molecule has 0 aromatic carbocycles. The van der Waals surface area contributed by atoms with Crippen molar-refractivity contribution in [2.45, 2.75) is 76.7 Å². The smallest absolute Gasteiger partial charge is 0.303 e. The Morgan fingerprint density at radius 2 is 2.00 bits per heavy atom. The molecule has 2 aliphatic carbocycles. The van der Waals surface area contributed by atoms with Crippen molar-refractivity contribution < 1.29 is 14.6 Å². The first kappa shape index (κ1) is 19.1. The largest absolute Gasteiger partial charge is 0.481 e. The fourth-order valence-electron chi connectivity index (χ4n) is 4.41. The molecule has 0 saturated heterocycles. The van der Waals surface area contributed by atoms with Gasteiger partial charge < -0.3 is 9.84 Å². The zero-order valence-electron chi connectivity index (χ0n) is 14.8. The Bertz CT molecular complexity index is 448. The van der Waals surface area contributed by atoms with Gasteiger partial charge in [-0.25, -0.2) is 0 Å². The van der Waals surface area contributed by atoms with Crippen molar-refractivity contribution in [2.24, 2.45) is 17.8 Å². The molecule has 2 aliphatic rings. The summed E-state index contributed by atoms with van der Waals surface area (Å²) in [4.78, 5) is 10.5. The van der Waals surface area contributed by atoms with Crippen LogP contribution in [-0.2, 0) is 9.53 Å². The van der Waals surface area contributed by atoms with Crippen LogP contribution in [0.4, 0.5) is 0 Å². The maximum atomic E-state index is 10.5. The number of hydrogen-bond donors (Lipinski definition) is 1. The maximum Gasteiger partial charge on any atom is 0.303 e. The number of aliphatic carboxylic acids is 1. The molecule has 0 unspecified atom stereocenters. The molecule has 0 aromatic heterocycles. The maximum absolute atomic E-state index is 10.5. The lowest BCUT2D eigenvalue weighted by molar-refractivity contribution is -0.137. The lowest BCUT2D eigenvalue weighted by atomic mass is 9.84. The molecule has 3 heteroatoms. The minimum Gasteiger partial charge on any atom is -0.481 e. The lowest BCUT2D eigenvalue weighted by Crippen LogP contribution is -2.30. The molecule has 2 saturated carbocycles. The number of ether oxygens (including phenoxy) is 1. The predicted molar refractivity (Wildman–Crippen MR) is 96.6 cm³/mol. The van der Waals surface area contributed by atoms with E-state index in [1.165, 1.54) is 25.7 Å². The van der Waals surface area contributed by atoms with E-state index >= 15 is 0 Å². The molecule has 3 nitrogen and oxygen atoms in total. The molecule has 0 aromatic rings. The molecule has 1 N–H and O–H groups in total. The first-order valence-corrected chi connectivity index (χ1v) is 9.64. The summed E-state index contributed by atoms with van der Waals surface area (Å²) in [5, 5.41) is 8.65. The summed E-state index contributed by atoms with van der Waals surface area (Å²) in [5.41, 5.74) is 0. The minimum absolute atomic E-state index is 0.268. The van der Waals surface area contributed by atoms with Crippen molar-refractivity contribution in [1.82, 2.24) is 0 Å². The minimum atomic E-state index is -0.702. The highest BCUT2D eigenvalue weighted by Gasteiger charge is 2.47. The zero-order chi connectivity index (χ0) is 17.2. The van der Waals surface area contributed by atoms with E-state index in [0.29, 0.717) is 12.0 Å². The third-order valence-electron chi connectivity index (χ3n) is 5.62. The summed E-state index contributed by atoms with van der Waals surface area (Å²) < 4.78 is 6.28. The van der Waals surface area contributed by atoms with Gasteiger partial charge >= 0.3 is 5.97 Å². The average Bonchev–Trinajstić information content (AvgIpc) is 3.15. The van der Waals surface area contributed by atoms with Gasteiger partial charge in [-0.1, -0.05) is 18.6 Å². The Hall–Kier alpha value is -1.27. The van der Waals surface area contributed by atoms with E-state index in [9.17, 15) is 4.79 Å². The fourth-order valence-corrected chi connectivity index (χ4v) is 4.41. The number of fused-ring (bicyclic) bond motifs is 2. The van der Waals surface area contributed by atoms with E-state index in [1.807, 2.05) is 0 Å². The van der Waals surface area contributed by atoms with Crippen LogP contribution in [0.2, 0.25) is 0 Å². The van der Waals surface area contributed by atoms with Crippen LogP contribution in [0.3, 0.4) is 0 Å². The van der Waals surface area contributed by atoms with Gasteiger partial charge in [0.2, 0.25) is 0 Å². The number of rotatable bonds is 12. The molecule has 0 amide bonds. The van der Waals surface area contributed by atoms with Gasteiger partial charge in [0.25, 0.3) is 0 Å². The Balaban J connectivity index is 1.66. The molecule has 2 bridgehead atoms. The molecule has 0 radical (unpaired) electrons. The molecular weight excluding hydrogens is 300 g/mol. The Morgan fingerprint density at radius 1 is 1.17 bits per heavy atom. The predicted octanol–water partition coefficient (Wildman–Crippen LogP) is 4.81. The molecule has 2 fully saturated rings. The fraction of sp³-hybridized carbons (Fsp3) is 0.762. The molecule has 0 spiro atoms. The highest BCUT2D eigenvalue weighted by atomic mass is 16.5. The number of terminal acetylenes is 1. The molecule has 0 aliphatic heterocycles. The molecule has 134 valence electrons. The van der Waals surface area contributed by atoms with Crippen LogP contribution in [0.1, 0.15) is 70.6 Å². The van der Waals surface area contributed by atoms with Crippen molar-refractivity contribution in [3.8, 4) is 12.3 Å². The van der Waals surface area contributed by atoms with E-state index < -0.39 is 5.97 Å². The lowest BCUT2D eigenvalue weighted by Gasteiger charge is -2.30. The third-order valence-corrected chi connectivity index (χ3v) is 5.62. The molecule has 4 atom stereocenters. The van der Waals surface area contributed by atoms with Gasteiger partial charge in [-0.2, -0.15) is 0 Å². The van der Waals surface area contributed by atoms with Gasteiger partial charge in [0.15, 0.2) is 0 Å². The van der Waals surface area contributed by atoms with Crippen LogP contribution < -0.4 is 0 Å². The normalized spacial score (nSPS) is 28.5. The van der Waals surface area contributed by atoms with Crippen LogP contribution in [0.25, 0.3) is 0 Å². The van der Waals surface area contributed by atoms with Crippen LogP contribution in [-0.4, -0.2) is 23.8 Å². The summed E-state index contributed by atoms with van der Waals surface area (Å²) in [6, 6.07) is 0. The third kappa shape index (κ3) is 5.98. The number of carboxylic acids is 1. The molecular formula is C21H32O3. The van der Waals surface area contributed by atoms with Gasteiger partial charge in [0.05, 0.1) is 6.10 Å². The second-order valence-electron chi connectivity index (χ2n) is 7.34. The molecule has 0 heterocycles. The summed E-state index contributed by atoms with van der Waals surface area (Å²) >= 11 is 0. The first-order chi connectivity index (χ1) is 11.7. The number of carbonyl (C=O) groups is 1. The van der Waals surface area contributed by atoms with E-state index in [0.717, 1.165) is 57.0 Å². The SMILES string of the molecule is C#CCCCCCO[C@@H]1[C@@H]2CC[C@@H](C2)[C@@H]1C/C=C\CCCC(=O)O. The molecule has 2 rings (SSSR count). The second-order valence-corrected chi connectivity index (χ2v) is 7.34. The van der Waals surface area contributed by atoms with Crippen LogP contribution >= 0.6 is 0 Å². The van der Waals surface area contributed by atoms with Crippen molar-refractivity contribution in [3.05, 3.63) is 12.2 Å². The second kappa shape index (κ2) is 10.6. The summed E-state index contributed by atoms with van der Waals surface area (Å²) in [7, 11) is 0. The van der Waals surface area contributed by atoms with E-state index in [4.69, 9.17) is 16.3 Å². The average molecular weight is 332 g/mol.